The van der Waals surface area contributed by atoms with Gasteiger partial charge in [-0.3, -0.25) is 4.79 Å². The zero-order valence-corrected chi connectivity index (χ0v) is 9.53. The van der Waals surface area contributed by atoms with Crippen LogP contribution < -0.4 is 5.32 Å². The largest absolute Gasteiger partial charge is 0.478 e. The number of halogens is 1. The monoisotopic (exact) mass is 240 g/mol. The molecule has 0 bridgehead atoms. The highest BCUT2D eigenvalue weighted by atomic mass is 19.1. The highest BCUT2D eigenvalue weighted by Crippen LogP contribution is 2.18. The lowest BCUT2D eigenvalue weighted by Crippen LogP contribution is -2.27. The Hall–Kier alpha value is -1.95. The minimum Gasteiger partial charge on any atom is -0.478 e. The number of rotatable bonds is 4. The van der Waals surface area contributed by atoms with E-state index in [1.165, 1.54) is 12.1 Å². The van der Waals surface area contributed by atoms with Gasteiger partial charge >= 0.3 is 5.97 Å². The minimum atomic E-state index is -1.41. The van der Waals surface area contributed by atoms with Gasteiger partial charge < -0.3 is 15.3 Å². The van der Waals surface area contributed by atoms with Crippen LogP contribution >= 0.6 is 0 Å². The van der Waals surface area contributed by atoms with Crippen molar-refractivity contribution in [1.29, 1.82) is 0 Å². The molecule has 5 nitrogen and oxygen atoms in total. The maximum absolute atomic E-state index is 13.3. The van der Waals surface area contributed by atoms with Crippen molar-refractivity contribution in [2.24, 2.45) is 0 Å². The molecule has 0 atom stereocenters. The number of hydrogen-bond donors (Lipinski definition) is 2. The Bertz CT molecular complexity index is 446. The third-order valence-electron chi connectivity index (χ3n) is 1.96. The van der Waals surface area contributed by atoms with Crippen LogP contribution in [0.4, 0.5) is 10.1 Å². The summed E-state index contributed by atoms with van der Waals surface area (Å²) in [6.45, 7) is 0.0928. The topological polar surface area (TPSA) is 69.6 Å². The molecule has 0 aliphatic rings. The standard InChI is InChI=1S/C11H13FN2O3/c1-14(2)6-9(15)13-8-5-3-4-7(12)10(8)11(16)17/h3-5H,6H2,1-2H3,(H,13,15)(H,16,17). The Kier molecular flexibility index (Phi) is 4.17. The van der Waals surface area contributed by atoms with E-state index in [4.69, 9.17) is 5.11 Å². The summed E-state index contributed by atoms with van der Waals surface area (Å²) in [6.07, 6.45) is 0. The Morgan fingerprint density at radius 2 is 2.06 bits per heavy atom. The van der Waals surface area contributed by atoms with Gasteiger partial charge in [-0.1, -0.05) is 6.07 Å². The number of hydrogen-bond acceptors (Lipinski definition) is 3. The van der Waals surface area contributed by atoms with Gasteiger partial charge in [-0.25, -0.2) is 9.18 Å². The van der Waals surface area contributed by atoms with E-state index >= 15 is 0 Å². The number of carboxylic acids is 1. The molecule has 1 aromatic rings. The molecule has 0 radical (unpaired) electrons. The van der Waals surface area contributed by atoms with Crippen molar-refractivity contribution in [3.05, 3.63) is 29.6 Å². The van der Waals surface area contributed by atoms with E-state index in [0.717, 1.165) is 6.07 Å². The maximum Gasteiger partial charge on any atom is 0.340 e. The number of carbonyl (C=O) groups excluding carboxylic acids is 1. The van der Waals surface area contributed by atoms with Crippen molar-refractivity contribution in [3.8, 4) is 0 Å². The molecule has 0 saturated carbocycles. The number of benzene rings is 1. The quantitative estimate of drug-likeness (QED) is 0.824. The van der Waals surface area contributed by atoms with Crippen LogP contribution in [0, 0.1) is 5.82 Å². The van der Waals surface area contributed by atoms with Gasteiger partial charge in [-0.05, 0) is 26.2 Å². The van der Waals surface area contributed by atoms with E-state index in [1.54, 1.807) is 19.0 Å². The van der Waals surface area contributed by atoms with Crippen LogP contribution in [0.5, 0.6) is 0 Å². The van der Waals surface area contributed by atoms with Crippen molar-refractivity contribution < 1.29 is 19.1 Å². The molecule has 2 N–H and O–H groups in total. The number of nitrogens with zero attached hydrogens (tertiary/aromatic N) is 1. The molecule has 0 aliphatic carbocycles. The van der Waals surface area contributed by atoms with Crippen LogP contribution in [0.2, 0.25) is 0 Å². The lowest BCUT2D eigenvalue weighted by molar-refractivity contribution is -0.116. The van der Waals surface area contributed by atoms with Gasteiger partial charge in [0, 0.05) is 0 Å². The first-order valence-corrected chi connectivity index (χ1v) is 4.88. The molecule has 0 heterocycles. The first-order valence-electron chi connectivity index (χ1n) is 4.88. The minimum absolute atomic E-state index is 0.0376. The number of anilines is 1. The Morgan fingerprint density at radius 1 is 1.41 bits per heavy atom. The zero-order valence-electron chi connectivity index (χ0n) is 9.53. The normalized spacial score (nSPS) is 10.4. The molecule has 0 aromatic heterocycles. The molecule has 0 aliphatic heterocycles. The van der Waals surface area contributed by atoms with E-state index < -0.39 is 23.3 Å². The summed E-state index contributed by atoms with van der Waals surface area (Å²) >= 11 is 0. The molecule has 1 amide bonds. The summed E-state index contributed by atoms with van der Waals surface area (Å²) in [5, 5.41) is 11.2. The fourth-order valence-electron chi connectivity index (χ4n) is 1.32. The average Bonchev–Trinajstić information content (AvgIpc) is 2.15. The zero-order chi connectivity index (χ0) is 13.0. The van der Waals surface area contributed by atoms with E-state index in [0.29, 0.717) is 0 Å². The second kappa shape index (κ2) is 5.40. The molecule has 6 heteroatoms. The van der Waals surface area contributed by atoms with Gasteiger partial charge in [0.15, 0.2) is 0 Å². The molecule has 0 spiro atoms. The number of carboxylic acid groups (broad SMARTS) is 1. The lowest BCUT2D eigenvalue weighted by atomic mass is 10.1. The summed E-state index contributed by atoms with van der Waals surface area (Å²) in [5.74, 6) is -2.69. The van der Waals surface area contributed by atoms with Crippen LogP contribution in [0.3, 0.4) is 0 Å². The van der Waals surface area contributed by atoms with E-state index in [1.807, 2.05) is 0 Å². The highest BCUT2D eigenvalue weighted by Gasteiger charge is 2.17. The number of likely N-dealkylation sites (N-methyl/N-ethyl adjacent to an activating group) is 1. The lowest BCUT2D eigenvalue weighted by Gasteiger charge is -2.12. The third kappa shape index (κ3) is 3.53. The summed E-state index contributed by atoms with van der Waals surface area (Å²) < 4.78 is 13.3. The predicted molar refractivity (Wildman–Crippen MR) is 60.5 cm³/mol. The second-order valence-corrected chi connectivity index (χ2v) is 3.75. The van der Waals surface area contributed by atoms with Crippen LogP contribution in [-0.2, 0) is 4.79 Å². The summed E-state index contributed by atoms with van der Waals surface area (Å²) in [4.78, 5) is 23.9. The van der Waals surface area contributed by atoms with Gasteiger partial charge in [0.2, 0.25) is 5.91 Å². The number of nitrogens with one attached hydrogen (secondary N) is 1. The number of aromatic carboxylic acids is 1. The van der Waals surface area contributed by atoms with Gasteiger partial charge in [-0.2, -0.15) is 0 Å². The second-order valence-electron chi connectivity index (χ2n) is 3.75. The van der Waals surface area contributed by atoms with Gasteiger partial charge in [0.1, 0.15) is 11.4 Å². The molecule has 1 aromatic carbocycles. The summed E-state index contributed by atoms with van der Waals surface area (Å²) in [5.41, 5.74) is -0.566. The van der Waals surface area contributed by atoms with Crippen molar-refractivity contribution in [2.75, 3.05) is 26.0 Å². The average molecular weight is 240 g/mol. The fourth-order valence-corrected chi connectivity index (χ4v) is 1.32. The molecular formula is C11H13FN2O3. The van der Waals surface area contributed by atoms with Crippen LogP contribution in [0.15, 0.2) is 18.2 Å². The van der Waals surface area contributed by atoms with Crippen molar-refractivity contribution in [1.82, 2.24) is 4.90 Å². The number of carbonyl (C=O) groups is 2. The summed E-state index contributed by atoms with van der Waals surface area (Å²) in [6, 6.07) is 3.72. The molecule has 1 rings (SSSR count). The molecule has 17 heavy (non-hydrogen) atoms. The van der Waals surface area contributed by atoms with Crippen LogP contribution in [-0.4, -0.2) is 42.5 Å². The number of amides is 1. The molecule has 92 valence electrons. The van der Waals surface area contributed by atoms with Crippen LogP contribution in [0.25, 0.3) is 0 Å². The highest BCUT2D eigenvalue weighted by molar-refractivity contribution is 6.01. The van der Waals surface area contributed by atoms with E-state index in [-0.39, 0.29) is 12.2 Å². The third-order valence-corrected chi connectivity index (χ3v) is 1.96. The van der Waals surface area contributed by atoms with E-state index in [2.05, 4.69) is 5.32 Å². The Morgan fingerprint density at radius 3 is 2.59 bits per heavy atom. The van der Waals surface area contributed by atoms with Gasteiger partial charge in [0.25, 0.3) is 0 Å². The molecule has 0 unspecified atom stereocenters. The predicted octanol–water partition coefficient (Wildman–Crippen LogP) is 1.02. The summed E-state index contributed by atoms with van der Waals surface area (Å²) in [7, 11) is 3.40. The fraction of sp³-hybridized carbons (Fsp3) is 0.273. The first kappa shape index (κ1) is 13.1. The molecule has 0 saturated heterocycles. The first-order chi connectivity index (χ1) is 7.91. The smallest absolute Gasteiger partial charge is 0.340 e. The molecular weight excluding hydrogens is 227 g/mol. The SMILES string of the molecule is CN(C)CC(=O)Nc1cccc(F)c1C(=O)O. The van der Waals surface area contributed by atoms with Gasteiger partial charge in [0.05, 0.1) is 12.2 Å². The van der Waals surface area contributed by atoms with Crippen molar-refractivity contribution >= 4 is 17.6 Å². The maximum atomic E-state index is 13.3. The molecule has 0 fully saturated rings. The van der Waals surface area contributed by atoms with E-state index in [9.17, 15) is 14.0 Å². The van der Waals surface area contributed by atoms with Gasteiger partial charge in [-0.15, -0.1) is 0 Å². The van der Waals surface area contributed by atoms with Crippen molar-refractivity contribution in [2.45, 2.75) is 0 Å². The Labute approximate surface area is 97.8 Å². The van der Waals surface area contributed by atoms with Crippen molar-refractivity contribution in [3.63, 3.8) is 0 Å². The van der Waals surface area contributed by atoms with Crippen LogP contribution in [0.1, 0.15) is 10.4 Å². The Balaban J connectivity index is 2.95.